The van der Waals surface area contributed by atoms with E-state index in [0.29, 0.717) is 5.02 Å². The van der Waals surface area contributed by atoms with E-state index in [4.69, 9.17) is 11.6 Å². The van der Waals surface area contributed by atoms with E-state index >= 15 is 0 Å². The third kappa shape index (κ3) is 5.06. The summed E-state index contributed by atoms with van der Waals surface area (Å²) >= 11 is 5.84. The molecule has 1 aliphatic heterocycles. The largest absolute Gasteiger partial charge is 0.325 e. The molecule has 1 fully saturated rings. The minimum Gasteiger partial charge on any atom is -0.324 e. The fourth-order valence-electron chi connectivity index (χ4n) is 2.25. The van der Waals surface area contributed by atoms with Crippen molar-refractivity contribution >= 4 is 41.4 Å². The zero-order valence-electron chi connectivity index (χ0n) is 14.3. The molecule has 0 aliphatic carbocycles. The Balaban J connectivity index is 1.76. The number of halogens is 1. The highest BCUT2D eigenvalue weighted by Gasteiger charge is 2.43. The molecule has 9 heteroatoms. The molecule has 1 saturated heterocycles. The number of amides is 5. The zero-order valence-corrected chi connectivity index (χ0v) is 15.1. The molecule has 138 valence electrons. The Kier molecular flexibility index (Phi) is 5.99. The molecule has 26 heavy (non-hydrogen) atoms. The van der Waals surface area contributed by atoms with Crippen LogP contribution in [0.1, 0.15) is 25.8 Å². The van der Waals surface area contributed by atoms with Crippen molar-refractivity contribution in [2.24, 2.45) is 0 Å². The minimum atomic E-state index is -0.979. The second-order valence-corrected chi connectivity index (χ2v) is 6.62. The Morgan fingerprint density at radius 1 is 1.27 bits per heavy atom. The number of hydrogen-bond donors (Lipinski definition) is 3. The number of hydrogen-bond acceptors (Lipinski definition) is 4. The van der Waals surface area contributed by atoms with Gasteiger partial charge in [0.1, 0.15) is 5.54 Å². The maximum atomic E-state index is 12.0. The average molecular weight is 379 g/mol. The molecule has 8 nitrogen and oxygen atoms in total. The van der Waals surface area contributed by atoms with Crippen molar-refractivity contribution in [2.45, 2.75) is 25.8 Å². The summed E-state index contributed by atoms with van der Waals surface area (Å²) in [7, 11) is 0. The number of carbonyl (C=O) groups excluding carboxylic acids is 4. The average Bonchev–Trinajstić information content (AvgIpc) is 2.77. The summed E-state index contributed by atoms with van der Waals surface area (Å²) in [6.45, 7) is 3.09. The van der Waals surface area contributed by atoms with Crippen molar-refractivity contribution in [1.29, 1.82) is 0 Å². The molecule has 0 spiro atoms. The Bertz CT molecular complexity index is 776. The van der Waals surface area contributed by atoms with Gasteiger partial charge < -0.3 is 5.32 Å². The highest BCUT2D eigenvalue weighted by molar-refractivity contribution is 6.30. The number of rotatable bonds is 5. The summed E-state index contributed by atoms with van der Waals surface area (Å²) in [6, 6.07) is 6.38. The quantitative estimate of drug-likeness (QED) is 0.406. The van der Waals surface area contributed by atoms with Gasteiger partial charge in [-0.25, -0.2) is 4.79 Å². The van der Waals surface area contributed by atoms with E-state index in [0.717, 1.165) is 10.5 Å². The van der Waals surface area contributed by atoms with Crippen LogP contribution >= 0.6 is 11.6 Å². The zero-order chi connectivity index (χ0) is 19.3. The van der Waals surface area contributed by atoms with Crippen LogP contribution < -0.4 is 16.2 Å². The molecule has 3 N–H and O–H groups in total. The Morgan fingerprint density at radius 3 is 2.62 bits per heavy atom. The highest BCUT2D eigenvalue weighted by atomic mass is 35.5. The lowest BCUT2D eigenvalue weighted by Crippen LogP contribution is -2.43. The van der Waals surface area contributed by atoms with Crippen LogP contribution in [0.4, 0.5) is 4.79 Å². The van der Waals surface area contributed by atoms with Gasteiger partial charge in [-0.2, -0.15) is 0 Å². The van der Waals surface area contributed by atoms with Crippen molar-refractivity contribution in [2.75, 3.05) is 6.54 Å². The summed E-state index contributed by atoms with van der Waals surface area (Å²) in [6.07, 6.45) is 2.65. The van der Waals surface area contributed by atoms with E-state index in [2.05, 4.69) is 16.2 Å². The maximum absolute atomic E-state index is 12.0. The molecule has 1 heterocycles. The Hall–Kier alpha value is -2.87. The van der Waals surface area contributed by atoms with Crippen molar-refractivity contribution in [1.82, 2.24) is 21.1 Å². The van der Waals surface area contributed by atoms with Gasteiger partial charge in [0.2, 0.25) is 5.91 Å². The molecule has 1 aliphatic rings. The first-order valence-electron chi connectivity index (χ1n) is 7.85. The van der Waals surface area contributed by atoms with Gasteiger partial charge in [-0.05, 0) is 37.6 Å². The molecule has 0 aromatic heterocycles. The van der Waals surface area contributed by atoms with Gasteiger partial charge in [0.05, 0.1) is 0 Å². The van der Waals surface area contributed by atoms with Gasteiger partial charge in [0.15, 0.2) is 0 Å². The fraction of sp³-hybridized carbons (Fsp3) is 0.294. The summed E-state index contributed by atoms with van der Waals surface area (Å²) in [5.41, 5.74) is 4.20. The molecule has 5 amide bonds. The number of nitrogens with zero attached hydrogens (tertiary/aromatic N) is 1. The first-order valence-corrected chi connectivity index (χ1v) is 8.23. The van der Waals surface area contributed by atoms with Crippen LogP contribution in [0.15, 0.2) is 30.3 Å². The lowest BCUT2D eigenvalue weighted by molar-refractivity contribution is -0.131. The summed E-state index contributed by atoms with van der Waals surface area (Å²) in [4.78, 5) is 48.1. The smallest absolute Gasteiger partial charge is 0.324 e. The van der Waals surface area contributed by atoms with Gasteiger partial charge in [-0.1, -0.05) is 23.7 Å². The number of carbonyl (C=O) groups is 4. The molecule has 0 bridgehead atoms. The first-order chi connectivity index (χ1) is 12.2. The normalized spacial score (nSPS) is 15.9. The topological polar surface area (TPSA) is 108 Å². The van der Waals surface area contributed by atoms with Gasteiger partial charge >= 0.3 is 6.03 Å². The molecule has 1 aromatic rings. The number of urea groups is 1. The predicted octanol–water partition coefficient (Wildman–Crippen LogP) is 1.22. The lowest BCUT2D eigenvalue weighted by atomic mass is 10.1. The third-order valence-corrected chi connectivity index (χ3v) is 3.84. The van der Waals surface area contributed by atoms with E-state index in [1.807, 2.05) is 0 Å². The van der Waals surface area contributed by atoms with E-state index in [-0.39, 0.29) is 13.0 Å². The number of hydrazine groups is 1. The highest BCUT2D eigenvalue weighted by Crippen LogP contribution is 2.16. The SMILES string of the molecule is CC1(C)NC(=O)N(CCC(=O)NNC(=O)/C=C/c2cccc(Cl)c2)C1=O. The van der Waals surface area contributed by atoms with E-state index in [1.54, 1.807) is 44.2 Å². The van der Waals surface area contributed by atoms with Crippen LogP contribution in [0.25, 0.3) is 6.08 Å². The summed E-state index contributed by atoms with van der Waals surface area (Å²) < 4.78 is 0. The van der Waals surface area contributed by atoms with Crippen molar-refractivity contribution in [3.05, 3.63) is 40.9 Å². The number of nitrogens with one attached hydrogen (secondary N) is 3. The second-order valence-electron chi connectivity index (χ2n) is 6.19. The van der Waals surface area contributed by atoms with Gasteiger partial charge in [-0.15, -0.1) is 0 Å². The molecule has 0 atom stereocenters. The van der Waals surface area contributed by atoms with Crippen LogP contribution in [0, 0.1) is 0 Å². The van der Waals surface area contributed by atoms with Crippen molar-refractivity contribution in [3.63, 3.8) is 0 Å². The van der Waals surface area contributed by atoms with Crippen LogP contribution in [0.5, 0.6) is 0 Å². The van der Waals surface area contributed by atoms with Gasteiger partial charge in [0.25, 0.3) is 11.8 Å². The van der Waals surface area contributed by atoms with Crippen molar-refractivity contribution in [3.8, 4) is 0 Å². The predicted molar refractivity (Wildman–Crippen MR) is 95.7 cm³/mol. The van der Waals surface area contributed by atoms with Crippen LogP contribution in [-0.2, 0) is 14.4 Å². The maximum Gasteiger partial charge on any atom is 0.325 e. The molecule has 2 rings (SSSR count). The van der Waals surface area contributed by atoms with E-state index in [1.165, 1.54) is 6.08 Å². The Morgan fingerprint density at radius 2 is 2.00 bits per heavy atom. The standard InChI is InChI=1S/C17H19ClN4O4/c1-17(2)15(25)22(16(26)19-17)9-8-14(24)21-20-13(23)7-6-11-4-3-5-12(18)10-11/h3-7,10H,8-9H2,1-2H3,(H,19,26)(H,20,23)(H,21,24)/b7-6+. The van der Waals surface area contributed by atoms with Crippen LogP contribution in [0.2, 0.25) is 5.02 Å². The van der Waals surface area contributed by atoms with Crippen LogP contribution in [0.3, 0.4) is 0 Å². The van der Waals surface area contributed by atoms with E-state index in [9.17, 15) is 19.2 Å². The monoisotopic (exact) mass is 378 g/mol. The third-order valence-electron chi connectivity index (χ3n) is 3.61. The molecular weight excluding hydrogens is 360 g/mol. The molecule has 1 aromatic carbocycles. The number of benzene rings is 1. The Labute approximate surface area is 155 Å². The van der Waals surface area contributed by atoms with Crippen molar-refractivity contribution < 1.29 is 19.2 Å². The van der Waals surface area contributed by atoms with E-state index < -0.39 is 29.3 Å². The van der Waals surface area contributed by atoms with Gasteiger partial charge in [0, 0.05) is 24.1 Å². The molecule has 0 saturated carbocycles. The summed E-state index contributed by atoms with van der Waals surface area (Å²) in [5.74, 6) is -1.46. The fourth-order valence-corrected chi connectivity index (χ4v) is 2.45. The number of imide groups is 1. The second kappa shape index (κ2) is 8.01. The molecule has 0 unspecified atom stereocenters. The minimum absolute atomic E-state index is 0.0752. The lowest BCUT2D eigenvalue weighted by Gasteiger charge is -2.15. The van der Waals surface area contributed by atoms with Crippen LogP contribution in [-0.4, -0.2) is 40.7 Å². The molecular formula is C17H19ClN4O4. The summed E-state index contributed by atoms with van der Waals surface area (Å²) in [5, 5.41) is 3.07. The van der Waals surface area contributed by atoms with Gasteiger partial charge in [-0.3, -0.25) is 30.1 Å². The molecule has 0 radical (unpaired) electrons. The first kappa shape index (κ1) is 19.5.